The summed E-state index contributed by atoms with van der Waals surface area (Å²) < 4.78 is 0. The lowest BCUT2D eigenvalue weighted by atomic mass is 10.2. The average Bonchev–Trinajstić information content (AvgIpc) is 2.94. The molecule has 1 N–H and O–H groups in total. The maximum Gasteiger partial charge on any atom is 0.241 e. The third-order valence-corrected chi connectivity index (χ3v) is 4.00. The minimum Gasteiger partial charge on any atom is -0.325 e. The van der Waals surface area contributed by atoms with Gasteiger partial charge in [-0.05, 0) is 38.8 Å². The molecule has 98 valence electrons. The summed E-state index contributed by atoms with van der Waals surface area (Å²) in [4.78, 5) is 16.7. The second-order valence-electron chi connectivity index (χ2n) is 5.13. The van der Waals surface area contributed by atoms with Gasteiger partial charge in [-0.15, -0.1) is 0 Å². The maximum atomic E-state index is 12.2. The normalized spacial score (nSPS) is 30.5. The summed E-state index contributed by atoms with van der Waals surface area (Å²) in [7, 11) is 0. The maximum absolute atomic E-state index is 12.2. The number of rotatable bonds is 5. The predicted octanol–water partition coefficient (Wildman–Crippen LogP) is 1.03. The number of likely N-dealkylation sites (tertiary alicyclic amines) is 1. The van der Waals surface area contributed by atoms with Crippen molar-refractivity contribution in [2.24, 2.45) is 0 Å². The zero-order valence-corrected chi connectivity index (χ0v) is 11.1. The lowest BCUT2D eigenvalue weighted by Crippen LogP contribution is -2.41. The molecule has 0 saturated carbocycles. The lowest BCUT2D eigenvalue weighted by Gasteiger charge is -2.25. The van der Waals surface area contributed by atoms with Gasteiger partial charge in [0, 0.05) is 13.1 Å². The van der Waals surface area contributed by atoms with Gasteiger partial charge in [0.25, 0.3) is 0 Å². The first-order chi connectivity index (χ1) is 8.26. The summed E-state index contributed by atoms with van der Waals surface area (Å²) in [6.07, 6.45) is 4.80. The lowest BCUT2D eigenvalue weighted by molar-refractivity contribution is -0.130. The minimum atomic E-state index is 0.0542. The Morgan fingerprint density at radius 2 is 1.88 bits per heavy atom. The highest BCUT2D eigenvalue weighted by Gasteiger charge is 2.36. The molecule has 2 fully saturated rings. The Morgan fingerprint density at radius 3 is 2.47 bits per heavy atom. The Labute approximate surface area is 104 Å². The Kier molecular flexibility index (Phi) is 4.40. The molecule has 1 amide bonds. The van der Waals surface area contributed by atoms with Crippen molar-refractivity contribution in [3.8, 4) is 0 Å². The van der Waals surface area contributed by atoms with Crippen LogP contribution in [0.3, 0.4) is 0 Å². The molecule has 4 heteroatoms. The van der Waals surface area contributed by atoms with Gasteiger partial charge in [0.2, 0.25) is 5.91 Å². The standard InChI is InChI=1S/C13H25N3O/c1-3-11-13(17)16(12(4-2)14-11)10-9-15-7-5-6-8-15/h11-12,14H,3-10H2,1-2H3. The van der Waals surface area contributed by atoms with Crippen molar-refractivity contribution in [3.63, 3.8) is 0 Å². The summed E-state index contributed by atoms with van der Waals surface area (Å²) in [5.41, 5.74) is 0. The largest absolute Gasteiger partial charge is 0.325 e. The van der Waals surface area contributed by atoms with Crippen LogP contribution in [0.2, 0.25) is 0 Å². The fourth-order valence-electron chi connectivity index (χ4n) is 2.90. The van der Waals surface area contributed by atoms with Crippen molar-refractivity contribution >= 4 is 5.91 Å². The summed E-state index contributed by atoms with van der Waals surface area (Å²) in [5, 5.41) is 3.42. The van der Waals surface area contributed by atoms with E-state index in [0.717, 1.165) is 25.9 Å². The second-order valence-corrected chi connectivity index (χ2v) is 5.13. The first-order valence-electron chi connectivity index (χ1n) is 7.05. The summed E-state index contributed by atoms with van der Waals surface area (Å²) in [6.45, 7) is 8.58. The van der Waals surface area contributed by atoms with Gasteiger partial charge < -0.3 is 9.80 Å². The monoisotopic (exact) mass is 239 g/mol. The van der Waals surface area contributed by atoms with Gasteiger partial charge in [0.15, 0.2) is 0 Å². The van der Waals surface area contributed by atoms with E-state index in [9.17, 15) is 4.79 Å². The van der Waals surface area contributed by atoms with E-state index in [-0.39, 0.29) is 12.2 Å². The quantitative estimate of drug-likeness (QED) is 0.778. The van der Waals surface area contributed by atoms with Gasteiger partial charge in [0.1, 0.15) is 0 Å². The molecule has 4 nitrogen and oxygen atoms in total. The molecule has 0 radical (unpaired) electrons. The van der Waals surface area contributed by atoms with Gasteiger partial charge in [-0.25, -0.2) is 0 Å². The van der Waals surface area contributed by atoms with E-state index >= 15 is 0 Å². The highest BCUT2D eigenvalue weighted by atomic mass is 16.2. The number of amides is 1. The van der Waals surface area contributed by atoms with Gasteiger partial charge in [-0.3, -0.25) is 10.1 Å². The second kappa shape index (κ2) is 5.83. The highest BCUT2D eigenvalue weighted by Crippen LogP contribution is 2.16. The molecule has 0 spiro atoms. The average molecular weight is 239 g/mol. The molecule has 2 aliphatic rings. The molecule has 0 aromatic heterocycles. The molecule has 2 unspecified atom stereocenters. The van der Waals surface area contributed by atoms with E-state index in [0.29, 0.717) is 5.91 Å². The zero-order valence-electron chi connectivity index (χ0n) is 11.1. The van der Waals surface area contributed by atoms with Crippen LogP contribution in [0.25, 0.3) is 0 Å². The summed E-state index contributed by atoms with van der Waals surface area (Å²) in [6, 6.07) is 0.0542. The number of nitrogens with zero attached hydrogens (tertiary/aromatic N) is 2. The summed E-state index contributed by atoms with van der Waals surface area (Å²) >= 11 is 0. The third kappa shape index (κ3) is 2.80. The Bertz CT molecular complexity index is 263. The SMILES string of the molecule is CCC1NC(CC)N(CCN2CCCC2)C1=O. The van der Waals surface area contributed by atoms with Gasteiger partial charge in [-0.1, -0.05) is 13.8 Å². The number of hydrogen-bond acceptors (Lipinski definition) is 3. The van der Waals surface area contributed by atoms with Crippen LogP contribution in [-0.2, 0) is 4.79 Å². The Hall–Kier alpha value is -0.610. The fraction of sp³-hybridized carbons (Fsp3) is 0.923. The van der Waals surface area contributed by atoms with E-state index < -0.39 is 0 Å². The van der Waals surface area contributed by atoms with Crippen LogP contribution in [0.5, 0.6) is 0 Å². The highest BCUT2D eigenvalue weighted by molar-refractivity contribution is 5.84. The minimum absolute atomic E-state index is 0.0542. The molecule has 2 aliphatic heterocycles. The van der Waals surface area contributed by atoms with Crippen molar-refractivity contribution in [2.45, 2.75) is 51.7 Å². The topological polar surface area (TPSA) is 35.6 Å². The molecule has 0 aromatic carbocycles. The van der Waals surface area contributed by atoms with Gasteiger partial charge in [-0.2, -0.15) is 0 Å². The van der Waals surface area contributed by atoms with Crippen LogP contribution in [0.15, 0.2) is 0 Å². The van der Waals surface area contributed by atoms with Crippen molar-refractivity contribution < 1.29 is 4.79 Å². The van der Waals surface area contributed by atoms with E-state index in [1.165, 1.54) is 25.9 Å². The molecule has 2 saturated heterocycles. The molecule has 2 heterocycles. The van der Waals surface area contributed by atoms with Crippen LogP contribution in [0.4, 0.5) is 0 Å². The molecule has 2 rings (SSSR count). The van der Waals surface area contributed by atoms with Crippen molar-refractivity contribution in [1.29, 1.82) is 0 Å². The number of hydrogen-bond donors (Lipinski definition) is 1. The number of nitrogens with one attached hydrogen (secondary N) is 1. The van der Waals surface area contributed by atoms with Crippen LogP contribution >= 0.6 is 0 Å². The number of carbonyl (C=O) groups is 1. The van der Waals surface area contributed by atoms with Crippen molar-refractivity contribution in [3.05, 3.63) is 0 Å². The van der Waals surface area contributed by atoms with Crippen LogP contribution in [-0.4, -0.2) is 54.1 Å². The van der Waals surface area contributed by atoms with Crippen molar-refractivity contribution in [2.75, 3.05) is 26.2 Å². The zero-order chi connectivity index (χ0) is 12.3. The Morgan fingerprint density at radius 1 is 1.18 bits per heavy atom. The fourth-order valence-corrected chi connectivity index (χ4v) is 2.90. The van der Waals surface area contributed by atoms with Crippen LogP contribution in [0.1, 0.15) is 39.5 Å². The molecule has 0 bridgehead atoms. The molecule has 0 aliphatic carbocycles. The van der Waals surface area contributed by atoms with E-state index in [1.54, 1.807) is 0 Å². The van der Waals surface area contributed by atoms with Gasteiger partial charge in [0.05, 0.1) is 12.2 Å². The summed E-state index contributed by atoms with van der Waals surface area (Å²) in [5.74, 6) is 0.304. The first kappa shape index (κ1) is 12.8. The first-order valence-corrected chi connectivity index (χ1v) is 7.05. The van der Waals surface area contributed by atoms with Gasteiger partial charge >= 0.3 is 0 Å². The molecular formula is C13H25N3O. The smallest absolute Gasteiger partial charge is 0.241 e. The third-order valence-electron chi connectivity index (χ3n) is 4.00. The van der Waals surface area contributed by atoms with E-state index in [2.05, 4.69) is 24.1 Å². The molecule has 0 aromatic rings. The number of carbonyl (C=O) groups excluding carboxylic acids is 1. The van der Waals surface area contributed by atoms with E-state index in [4.69, 9.17) is 0 Å². The Balaban J connectivity index is 1.86. The van der Waals surface area contributed by atoms with E-state index in [1.807, 2.05) is 4.90 Å². The molecule has 2 atom stereocenters. The molecular weight excluding hydrogens is 214 g/mol. The van der Waals surface area contributed by atoms with Crippen LogP contribution in [0, 0.1) is 0 Å². The van der Waals surface area contributed by atoms with Crippen LogP contribution < -0.4 is 5.32 Å². The molecule has 17 heavy (non-hydrogen) atoms. The van der Waals surface area contributed by atoms with Crippen molar-refractivity contribution in [1.82, 2.24) is 15.1 Å². The predicted molar refractivity (Wildman–Crippen MR) is 68.7 cm³/mol.